The van der Waals surface area contributed by atoms with Gasteiger partial charge in [-0.15, -0.1) is 0 Å². The molecule has 0 bridgehead atoms. The maximum absolute atomic E-state index is 12.6. The van der Waals surface area contributed by atoms with E-state index in [-0.39, 0.29) is 18.0 Å². The van der Waals surface area contributed by atoms with E-state index >= 15 is 0 Å². The highest BCUT2D eigenvalue weighted by atomic mass is 32.2. The van der Waals surface area contributed by atoms with Gasteiger partial charge in [0.25, 0.3) is 5.69 Å². The largest absolute Gasteiger partial charge is 0.465 e. The van der Waals surface area contributed by atoms with Gasteiger partial charge in [-0.05, 0) is 33.8 Å². The number of hydrogen-bond donors (Lipinski definition) is 1. The monoisotopic (exact) mass is 359 g/mol. The van der Waals surface area contributed by atoms with Gasteiger partial charge in [0, 0.05) is 17.7 Å². The average Bonchev–Trinajstić information content (AvgIpc) is 2.42. The van der Waals surface area contributed by atoms with E-state index < -0.39 is 33.2 Å². The van der Waals surface area contributed by atoms with Crippen LogP contribution in [0.1, 0.15) is 27.7 Å². The molecule has 10 heteroatoms. The number of nitro groups is 1. The Labute approximate surface area is 140 Å². The second-order valence-corrected chi connectivity index (χ2v) is 7.54. The average molecular weight is 359 g/mol. The van der Waals surface area contributed by atoms with Gasteiger partial charge < -0.3 is 4.74 Å². The number of carbonyl (C=O) groups is 1. The summed E-state index contributed by atoms with van der Waals surface area (Å²) < 4.78 is 33.2. The number of anilines is 1. The molecule has 0 aromatic heterocycles. The maximum atomic E-state index is 12.6. The van der Waals surface area contributed by atoms with Crippen LogP contribution in [0.25, 0.3) is 0 Å². The quantitative estimate of drug-likeness (QED) is 0.449. The lowest BCUT2D eigenvalue weighted by Gasteiger charge is -2.28. The zero-order valence-corrected chi connectivity index (χ0v) is 14.8. The van der Waals surface area contributed by atoms with Crippen molar-refractivity contribution in [2.24, 2.45) is 0 Å². The molecule has 0 aliphatic carbocycles. The Morgan fingerprint density at radius 2 is 2.00 bits per heavy atom. The van der Waals surface area contributed by atoms with E-state index in [9.17, 15) is 23.3 Å². The van der Waals surface area contributed by atoms with Crippen LogP contribution < -0.4 is 9.03 Å². The number of rotatable bonds is 7. The third-order valence-electron chi connectivity index (χ3n) is 2.63. The highest BCUT2D eigenvalue weighted by molar-refractivity contribution is 7.91. The van der Waals surface area contributed by atoms with Crippen molar-refractivity contribution in [3.63, 3.8) is 0 Å². The summed E-state index contributed by atoms with van der Waals surface area (Å²) in [4.78, 5) is 22.0. The zero-order chi connectivity index (χ0) is 18.5. The maximum Gasteiger partial charge on any atom is 0.326 e. The number of benzene rings is 1. The Balaban J connectivity index is 3.30. The van der Waals surface area contributed by atoms with Crippen molar-refractivity contribution in [1.82, 2.24) is 4.72 Å². The molecule has 1 aromatic carbocycles. The summed E-state index contributed by atoms with van der Waals surface area (Å²) in [6.45, 7) is 6.01. The molecule has 134 valence electrons. The van der Waals surface area contributed by atoms with Gasteiger partial charge in [-0.1, -0.05) is 6.07 Å². The first-order valence-electron chi connectivity index (χ1n) is 7.18. The summed E-state index contributed by atoms with van der Waals surface area (Å²) in [7, 11) is -4.13. The fraction of sp³-hybridized carbons (Fsp3) is 0.500. The standard InChI is InChI=1S/C14H21N3O6S/c1-5-23-13(18)10-16(24(21,22)15-14(2,3)4)11-7-6-8-12(9-11)17(19)20/h6-9,15H,5,10H2,1-4H3. The molecular weight excluding hydrogens is 338 g/mol. The molecule has 0 amide bonds. The van der Waals surface area contributed by atoms with Crippen LogP contribution in [0.5, 0.6) is 0 Å². The van der Waals surface area contributed by atoms with E-state index in [0.717, 1.165) is 10.4 Å². The van der Waals surface area contributed by atoms with E-state index in [0.29, 0.717) is 0 Å². The Hall–Kier alpha value is -2.20. The summed E-state index contributed by atoms with van der Waals surface area (Å²) in [6, 6.07) is 5.03. The molecule has 1 aromatic rings. The van der Waals surface area contributed by atoms with Crippen molar-refractivity contribution in [1.29, 1.82) is 0 Å². The van der Waals surface area contributed by atoms with E-state index in [2.05, 4.69) is 4.72 Å². The molecule has 0 spiro atoms. The zero-order valence-electron chi connectivity index (χ0n) is 14.0. The molecule has 0 unspecified atom stereocenters. The second kappa shape index (κ2) is 7.58. The van der Waals surface area contributed by atoms with Crippen LogP contribution in [0.3, 0.4) is 0 Å². The fourth-order valence-electron chi connectivity index (χ4n) is 1.84. The molecule has 0 aliphatic rings. The van der Waals surface area contributed by atoms with Gasteiger partial charge in [0.05, 0.1) is 17.2 Å². The molecule has 0 aliphatic heterocycles. The Morgan fingerprint density at radius 1 is 1.38 bits per heavy atom. The molecule has 0 atom stereocenters. The fourth-order valence-corrected chi connectivity index (χ4v) is 3.39. The number of non-ortho nitro benzene ring substituents is 1. The number of nitrogens with one attached hydrogen (secondary N) is 1. The van der Waals surface area contributed by atoms with Gasteiger partial charge in [-0.3, -0.25) is 14.9 Å². The summed E-state index contributed by atoms with van der Waals surface area (Å²) in [5.74, 6) is -0.761. The summed E-state index contributed by atoms with van der Waals surface area (Å²) in [5.41, 5.74) is -1.09. The van der Waals surface area contributed by atoms with E-state index in [4.69, 9.17) is 4.74 Å². The van der Waals surface area contributed by atoms with Gasteiger partial charge >= 0.3 is 16.2 Å². The lowest BCUT2D eigenvalue weighted by molar-refractivity contribution is -0.384. The molecule has 1 N–H and O–H groups in total. The highest BCUT2D eigenvalue weighted by Gasteiger charge is 2.30. The second-order valence-electron chi connectivity index (χ2n) is 5.95. The minimum atomic E-state index is -4.13. The molecule has 1 rings (SSSR count). The number of nitrogens with zero attached hydrogens (tertiary/aromatic N) is 2. The third kappa shape index (κ3) is 5.78. The van der Waals surface area contributed by atoms with Gasteiger partial charge in [-0.25, -0.2) is 4.31 Å². The van der Waals surface area contributed by atoms with Gasteiger partial charge in [-0.2, -0.15) is 13.1 Å². The highest BCUT2D eigenvalue weighted by Crippen LogP contribution is 2.23. The van der Waals surface area contributed by atoms with Crippen molar-refractivity contribution in [2.75, 3.05) is 17.5 Å². The number of carbonyl (C=O) groups excluding carboxylic acids is 1. The molecule has 0 heterocycles. The first-order chi connectivity index (χ1) is 11.0. The predicted molar refractivity (Wildman–Crippen MR) is 88.9 cm³/mol. The van der Waals surface area contributed by atoms with E-state index in [1.807, 2.05) is 0 Å². The Kier molecular flexibility index (Phi) is 6.27. The molecule has 0 fully saturated rings. The normalized spacial score (nSPS) is 11.8. The van der Waals surface area contributed by atoms with Gasteiger partial charge in [0.15, 0.2) is 0 Å². The summed E-state index contributed by atoms with van der Waals surface area (Å²) in [6.07, 6.45) is 0. The van der Waals surface area contributed by atoms with Crippen LogP contribution >= 0.6 is 0 Å². The Bertz CT molecular complexity index is 711. The smallest absolute Gasteiger partial charge is 0.326 e. The molecule has 0 saturated carbocycles. The number of ether oxygens (including phenoxy) is 1. The molecule has 9 nitrogen and oxygen atoms in total. The van der Waals surface area contributed by atoms with Crippen molar-refractivity contribution < 1.29 is 22.9 Å². The molecule has 0 radical (unpaired) electrons. The van der Waals surface area contributed by atoms with Crippen molar-refractivity contribution in [3.05, 3.63) is 34.4 Å². The number of hydrogen-bond acceptors (Lipinski definition) is 6. The molecule has 0 saturated heterocycles. The summed E-state index contributed by atoms with van der Waals surface area (Å²) >= 11 is 0. The minimum Gasteiger partial charge on any atom is -0.465 e. The van der Waals surface area contributed by atoms with Crippen LogP contribution in [0, 0.1) is 10.1 Å². The molecular formula is C14H21N3O6S. The lowest BCUT2D eigenvalue weighted by Crippen LogP contribution is -2.50. The minimum absolute atomic E-state index is 0.00555. The lowest BCUT2D eigenvalue weighted by atomic mass is 10.1. The van der Waals surface area contributed by atoms with Gasteiger partial charge in [0.1, 0.15) is 6.54 Å². The van der Waals surface area contributed by atoms with E-state index in [1.54, 1.807) is 27.7 Å². The SMILES string of the molecule is CCOC(=O)CN(c1cccc([N+](=O)[O-])c1)S(=O)(=O)NC(C)(C)C. The first kappa shape index (κ1) is 19.8. The first-order valence-corrected chi connectivity index (χ1v) is 8.62. The predicted octanol–water partition coefficient (Wildman–Crippen LogP) is 1.60. The number of nitro benzene ring substituents is 1. The van der Waals surface area contributed by atoms with Crippen LogP contribution in [0.4, 0.5) is 11.4 Å². The van der Waals surface area contributed by atoms with Crippen molar-refractivity contribution >= 4 is 27.6 Å². The van der Waals surface area contributed by atoms with Crippen LogP contribution in [-0.4, -0.2) is 38.0 Å². The van der Waals surface area contributed by atoms with Gasteiger partial charge in [0.2, 0.25) is 0 Å². The Morgan fingerprint density at radius 3 is 2.50 bits per heavy atom. The number of esters is 1. The molecule has 24 heavy (non-hydrogen) atoms. The van der Waals surface area contributed by atoms with Crippen LogP contribution in [0.15, 0.2) is 24.3 Å². The third-order valence-corrected chi connectivity index (χ3v) is 4.42. The van der Waals surface area contributed by atoms with Crippen LogP contribution in [-0.2, 0) is 19.7 Å². The van der Waals surface area contributed by atoms with E-state index in [1.165, 1.54) is 18.2 Å². The van der Waals surface area contributed by atoms with Crippen LogP contribution in [0.2, 0.25) is 0 Å². The van der Waals surface area contributed by atoms with Crippen molar-refractivity contribution in [3.8, 4) is 0 Å². The topological polar surface area (TPSA) is 119 Å². The summed E-state index contributed by atoms with van der Waals surface area (Å²) in [5, 5.41) is 10.9. The van der Waals surface area contributed by atoms with Crippen molar-refractivity contribution in [2.45, 2.75) is 33.2 Å².